The fourth-order valence-corrected chi connectivity index (χ4v) is 2.96. The Bertz CT molecular complexity index is 583. The topological polar surface area (TPSA) is 67.9 Å². The summed E-state index contributed by atoms with van der Waals surface area (Å²) in [4.78, 5) is 26.3. The van der Waals surface area contributed by atoms with Gasteiger partial charge in [0.2, 0.25) is 5.91 Å². The van der Waals surface area contributed by atoms with Crippen LogP contribution in [0.4, 0.5) is 4.79 Å². The smallest absolute Gasteiger partial charge is 0.407 e. The summed E-state index contributed by atoms with van der Waals surface area (Å²) >= 11 is 0. The second-order valence-electron chi connectivity index (χ2n) is 7.43. The van der Waals surface area contributed by atoms with Crippen LogP contribution in [0.2, 0.25) is 0 Å². The van der Waals surface area contributed by atoms with Crippen molar-refractivity contribution in [3.8, 4) is 0 Å². The summed E-state index contributed by atoms with van der Waals surface area (Å²) < 4.78 is 10.6. The SMILES string of the molecule is COC[C@@H](NC(=O)OC(C)(C)C)C1CC(=O)N(Cc2ccccc2)C1. The molecule has 25 heavy (non-hydrogen) atoms. The van der Waals surface area contributed by atoms with Crippen LogP contribution in [0.5, 0.6) is 0 Å². The Balaban J connectivity index is 1.97. The quantitative estimate of drug-likeness (QED) is 0.858. The Labute approximate surface area is 149 Å². The van der Waals surface area contributed by atoms with Crippen molar-refractivity contribution in [2.24, 2.45) is 5.92 Å². The van der Waals surface area contributed by atoms with Crippen molar-refractivity contribution in [1.29, 1.82) is 0 Å². The third-order valence-electron chi connectivity index (χ3n) is 4.08. The molecule has 2 atom stereocenters. The maximum atomic E-state index is 12.4. The molecule has 1 heterocycles. The Kier molecular flexibility index (Phi) is 6.42. The fraction of sp³-hybridized carbons (Fsp3) is 0.579. The predicted molar refractivity (Wildman–Crippen MR) is 95.0 cm³/mol. The molecule has 1 saturated heterocycles. The van der Waals surface area contributed by atoms with E-state index in [1.54, 1.807) is 7.11 Å². The number of hydrogen-bond acceptors (Lipinski definition) is 4. The number of hydrogen-bond donors (Lipinski definition) is 1. The second kappa shape index (κ2) is 8.34. The molecule has 1 fully saturated rings. The lowest BCUT2D eigenvalue weighted by atomic mass is 9.99. The van der Waals surface area contributed by atoms with E-state index in [2.05, 4.69) is 5.32 Å². The van der Waals surface area contributed by atoms with Gasteiger partial charge in [0.15, 0.2) is 0 Å². The van der Waals surface area contributed by atoms with E-state index in [-0.39, 0.29) is 17.9 Å². The number of likely N-dealkylation sites (tertiary alicyclic amines) is 1. The molecule has 0 spiro atoms. The van der Waals surface area contributed by atoms with E-state index in [1.807, 2.05) is 56.0 Å². The summed E-state index contributed by atoms with van der Waals surface area (Å²) in [5.74, 6) is 0.102. The minimum absolute atomic E-state index is 0.00341. The van der Waals surface area contributed by atoms with Gasteiger partial charge in [-0.2, -0.15) is 0 Å². The highest BCUT2D eigenvalue weighted by Gasteiger charge is 2.36. The van der Waals surface area contributed by atoms with Crippen molar-refractivity contribution in [3.63, 3.8) is 0 Å². The zero-order valence-electron chi connectivity index (χ0n) is 15.5. The van der Waals surface area contributed by atoms with E-state index in [4.69, 9.17) is 9.47 Å². The van der Waals surface area contributed by atoms with Crippen molar-refractivity contribution < 1.29 is 19.1 Å². The molecule has 2 amide bonds. The minimum Gasteiger partial charge on any atom is -0.444 e. The average Bonchev–Trinajstić information content (AvgIpc) is 2.87. The van der Waals surface area contributed by atoms with Crippen LogP contribution >= 0.6 is 0 Å². The van der Waals surface area contributed by atoms with Gasteiger partial charge in [-0.1, -0.05) is 30.3 Å². The lowest BCUT2D eigenvalue weighted by Gasteiger charge is -2.26. The summed E-state index contributed by atoms with van der Waals surface area (Å²) in [6, 6.07) is 9.64. The number of amides is 2. The standard InChI is InChI=1S/C19H28N2O4/c1-19(2,3)25-18(23)20-16(13-24-4)15-10-17(22)21(12-15)11-14-8-6-5-7-9-14/h5-9,15-16H,10-13H2,1-4H3,(H,20,23)/t15?,16-/m1/s1. The van der Waals surface area contributed by atoms with Crippen LogP contribution in [0.25, 0.3) is 0 Å². The van der Waals surface area contributed by atoms with Crippen molar-refractivity contribution in [1.82, 2.24) is 10.2 Å². The molecule has 1 aliphatic heterocycles. The lowest BCUT2D eigenvalue weighted by molar-refractivity contribution is -0.128. The Hall–Kier alpha value is -2.08. The first-order valence-corrected chi connectivity index (χ1v) is 8.58. The highest BCUT2D eigenvalue weighted by molar-refractivity contribution is 5.79. The molecule has 2 rings (SSSR count). The molecule has 6 nitrogen and oxygen atoms in total. The van der Waals surface area contributed by atoms with E-state index in [0.29, 0.717) is 26.1 Å². The van der Waals surface area contributed by atoms with Crippen LogP contribution in [-0.4, -0.2) is 48.8 Å². The zero-order chi connectivity index (χ0) is 18.4. The first kappa shape index (κ1) is 19.2. The van der Waals surface area contributed by atoms with E-state index < -0.39 is 11.7 Å². The van der Waals surface area contributed by atoms with E-state index in [9.17, 15) is 9.59 Å². The molecule has 0 aromatic heterocycles. The first-order valence-electron chi connectivity index (χ1n) is 8.58. The minimum atomic E-state index is -0.563. The third kappa shape index (κ3) is 6.05. The van der Waals surface area contributed by atoms with Gasteiger partial charge in [0.1, 0.15) is 5.60 Å². The van der Waals surface area contributed by atoms with Crippen LogP contribution in [0.1, 0.15) is 32.8 Å². The van der Waals surface area contributed by atoms with Crippen molar-refractivity contribution >= 4 is 12.0 Å². The summed E-state index contributed by atoms with van der Waals surface area (Å²) in [6.07, 6.45) is -0.0834. The largest absolute Gasteiger partial charge is 0.444 e. The molecule has 1 aromatic rings. The first-order chi connectivity index (χ1) is 11.8. The number of nitrogens with zero attached hydrogens (tertiary/aromatic N) is 1. The van der Waals surface area contributed by atoms with Crippen LogP contribution in [0.15, 0.2) is 30.3 Å². The number of ether oxygens (including phenoxy) is 2. The molecular formula is C19H28N2O4. The average molecular weight is 348 g/mol. The molecule has 0 radical (unpaired) electrons. The highest BCUT2D eigenvalue weighted by atomic mass is 16.6. The van der Waals surface area contributed by atoms with Gasteiger partial charge in [0.25, 0.3) is 0 Å². The maximum Gasteiger partial charge on any atom is 0.407 e. The van der Waals surface area contributed by atoms with Crippen LogP contribution in [0, 0.1) is 5.92 Å². The Morgan fingerprint density at radius 3 is 2.60 bits per heavy atom. The molecule has 1 aliphatic rings. The van der Waals surface area contributed by atoms with Gasteiger partial charge in [0, 0.05) is 32.5 Å². The monoisotopic (exact) mass is 348 g/mol. The molecule has 1 unspecified atom stereocenters. The molecule has 0 saturated carbocycles. The molecular weight excluding hydrogens is 320 g/mol. The van der Waals surface area contributed by atoms with Gasteiger partial charge in [-0.15, -0.1) is 0 Å². The summed E-state index contributed by atoms with van der Waals surface area (Å²) in [5.41, 5.74) is 0.534. The number of methoxy groups -OCH3 is 1. The molecule has 1 aromatic carbocycles. The molecule has 6 heteroatoms. The molecule has 0 aliphatic carbocycles. The lowest BCUT2D eigenvalue weighted by Crippen LogP contribution is -2.46. The summed E-state index contributed by atoms with van der Waals surface area (Å²) in [7, 11) is 1.59. The van der Waals surface area contributed by atoms with Crippen LogP contribution < -0.4 is 5.32 Å². The fourth-order valence-electron chi connectivity index (χ4n) is 2.96. The number of alkyl carbamates (subject to hydrolysis) is 1. The molecule has 0 bridgehead atoms. The Morgan fingerprint density at radius 2 is 2.00 bits per heavy atom. The van der Waals surface area contributed by atoms with Crippen molar-refractivity contribution in [3.05, 3.63) is 35.9 Å². The number of benzene rings is 1. The summed E-state index contributed by atoms with van der Waals surface area (Å²) in [6.45, 7) is 6.98. The van der Waals surface area contributed by atoms with Gasteiger partial charge in [-0.25, -0.2) is 4.79 Å². The third-order valence-corrected chi connectivity index (χ3v) is 4.08. The van der Waals surface area contributed by atoms with Gasteiger partial charge >= 0.3 is 6.09 Å². The van der Waals surface area contributed by atoms with Gasteiger partial charge in [-0.05, 0) is 26.3 Å². The van der Waals surface area contributed by atoms with Crippen molar-refractivity contribution in [2.75, 3.05) is 20.3 Å². The van der Waals surface area contributed by atoms with Crippen molar-refractivity contribution in [2.45, 2.75) is 45.4 Å². The highest BCUT2D eigenvalue weighted by Crippen LogP contribution is 2.23. The number of rotatable bonds is 6. The normalized spacial score (nSPS) is 19.0. The second-order valence-corrected chi connectivity index (χ2v) is 7.43. The summed E-state index contributed by atoms with van der Waals surface area (Å²) in [5, 5.41) is 2.86. The van der Waals surface area contributed by atoms with E-state index >= 15 is 0 Å². The molecule has 138 valence electrons. The van der Waals surface area contributed by atoms with Crippen LogP contribution in [-0.2, 0) is 20.8 Å². The van der Waals surface area contributed by atoms with Gasteiger partial charge in [-0.3, -0.25) is 4.79 Å². The zero-order valence-corrected chi connectivity index (χ0v) is 15.5. The Morgan fingerprint density at radius 1 is 1.32 bits per heavy atom. The van der Waals surface area contributed by atoms with Crippen LogP contribution in [0.3, 0.4) is 0 Å². The number of nitrogens with one attached hydrogen (secondary N) is 1. The number of carbonyl (C=O) groups is 2. The van der Waals surface area contributed by atoms with Gasteiger partial charge < -0.3 is 19.7 Å². The molecule has 1 N–H and O–H groups in total. The number of carbonyl (C=O) groups excluding carboxylic acids is 2. The van der Waals surface area contributed by atoms with E-state index in [1.165, 1.54) is 0 Å². The maximum absolute atomic E-state index is 12.4. The van der Waals surface area contributed by atoms with E-state index in [0.717, 1.165) is 5.56 Å². The predicted octanol–water partition coefficient (Wildman–Crippen LogP) is 2.57. The van der Waals surface area contributed by atoms with Gasteiger partial charge in [0.05, 0.1) is 12.6 Å².